The number of carboxylic acids is 1. The summed E-state index contributed by atoms with van der Waals surface area (Å²) < 4.78 is 0. The van der Waals surface area contributed by atoms with Crippen LogP contribution in [0.3, 0.4) is 0 Å². The maximum Gasteiger partial charge on any atom is 0.320 e. The largest absolute Gasteiger partial charge is 0.480 e. The van der Waals surface area contributed by atoms with E-state index in [0.717, 1.165) is 0 Å². The van der Waals surface area contributed by atoms with E-state index in [9.17, 15) is 9.59 Å². The molecule has 0 saturated carbocycles. The van der Waals surface area contributed by atoms with Crippen LogP contribution in [0.1, 0.15) is 20.3 Å². The summed E-state index contributed by atoms with van der Waals surface area (Å²) in [6, 6.07) is -1.14. The van der Waals surface area contributed by atoms with Crippen LogP contribution >= 0.6 is 0 Å². The number of rotatable bonds is 5. The van der Waals surface area contributed by atoms with Gasteiger partial charge in [-0.15, -0.1) is 0 Å². The lowest BCUT2D eigenvalue weighted by molar-refractivity contribution is -0.140. The van der Waals surface area contributed by atoms with Gasteiger partial charge in [-0.2, -0.15) is 0 Å². The Balaban J connectivity index is 4.08. The van der Waals surface area contributed by atoms with E-state index < -0.39 is 18.1 Å². The van der Waals surface area contributed by atoms with E-state index in [-0.39, 0.29) is 5.91 Å². The summed E-state index contributed by atoms with van der Waals surface area (Å²) in [5.74, 6) is -1.14. The number of hydrogen-bond acceptors (Lipinski definition) is 3. The molecule has 0 aromatic rings. The van der Waals surface area contributed by atoms with Crippen molar-refractivity contribution in [3.63, 3.8) is 0 Å². The Hall–Kier alpha value is -1.10. The van der Waals surface area contributed by atoms with E-state index in [1.807, 2.05) is 0 Å². The van der Waals surface area contributed by atoms with E-state index in [0.29, 0.717) is 6.42 Å². The van der Waals surface area contributed by atoms with Crippen LogP contribution in [-0.2, 0) is 9.59 Å². The second-order valence-corrected chi connectivity index (χ2v) is 2.80. The first kappa shape index (κ1) is 11.9. The minimum Gasteiger partial charge on any atom is -0.480 e. The van der Waals surface area contributed by atoms with Crippen LogP contribution in [0, 0.1) is 0 Å². The molecule has 76 valence electrons. The number of nitrogens with one attached hydrogen (secondary N) is 2. The molecule has 2 atom stereocenters. The van der Waals surface area contributed by atoms with E-state index in [1.165, 1.54) is 7.05 Å². The predicted molar refractivity (Wildman–Crippen MR) is 48.4 cm³/mol. The number of likely N-dealkylation sites (N-methyl/N-ethyl adjacent to an activating group) is 1. The topological polar surface area (TPSA) is 78.4 Å². The summed E-state index contributed by atoms with van der Waals surface area (Å²) in [5.41, 5.74) is 0. The van der Waals surface area contributed by atoms with Crippen molar-refractivity contribution in [1.82, 2.24) is 10.6 Å². The maximum absolute atomic E-state index is 11.0. The van der Waals surface area contributed by atoms with Crippen molar-refractivity contribution in [2.24, 2.45) is 0 Å². The minimum absolute atomic E-state index is 0.209. The van der Waals surface area contributed by atoms with E-state index in [2.05, 4.69) is 10.6 Å². The van der Waals surface area contributed by atoms with Gasteiger partial charge in [-0.3, -0.25) is 14.9 Å². The van der Waals surface area contributed by atoms with Crippen molar-refractivity contribution < 1.29 is 14.7 Å². The molecule has 0 heterocycles. The molecule has 13 heavy (non-hydrogen) atoms. The van der Waals surface area contributed by atoms with E-state index in [4.69, 9.17) is 5.11 Å². The second kappa shape index (κ2) is 5.53. The van der Waals surface area contributed by atoms with Crippen LogP contribution in [-0.4, -0.2) is 36.1 Å². The lowest BCUT2D eigenvalue weighted by atomic mass is 10.2. The van der Waals surface area contributed by atoms with Crippen molar-refractivity contribution >= 4 is 11.9 Å². The normalized spacial score (nSPS) is 14.7. The lowest BCUT2D eigenvalue weighted by Gasteiger charge is -2.17. The Morgan fingerprint density at radius 2 is 2.00 bits per heavy atom. The monoisotopic (exact) mass is 188 g/mol. The summed E-state index contributed by atoms with van der Waals surface area (Å²) >= 11 is 0. The fourth-order valence-electron chi connectivity index (χ4n) is 0.958. The van der Waals surface area contributed by atoms with Crippen LogP contribution in [0.2, 0.25) is 0 Å². The van der Waals surface area contributed by atoms with Gasteiger partial charge < -0.3 is 10.4 Å². The zero-order chi connectivity index (χ0) is 10.4. The van der Waals surface area contributed by atoms with Crippen LogP contribution in [0.15, 0.2) is 0 Å². The second-order valence-electron chi connectivity index (χ2n) is 2.80. The average molecular weight is 188 g/mol. The van der Waals surface area contributed by atoms with Gasteiger partial charge in [0.1, 0.15) is 6.04 Å². The molecule has 3 N–H and O–H groups in total. The number of carbonyl (C=O) groups excluding carboxylic acids is 1. The average Bonchev–Trinajstić information content (AvgIpc) is 2.11. The maximum atomic E-state index is 11.0. The highest BCUT2D eigenvalue weighted by atomic mass is 16.4. The first-order chi connectivity index (χ1) is 6.02. The summed E-state index contributed by atoms with van der Waals surface area (Å²) in [7, 11) is 1.52. The number of carboxylic acid groups (broad SMARTS) is 1. The minimum atomic E-state index is -0.932. The first-order valence-electron chi connectivity index (χ1n) is 4.23. The molecule has 0 radical (unpaired) electrons. The molecule has 0 aromatic heterocycles. The quantitative estimate of drug-likeness (QED) is 0.547. The number of amides is 1. The third kappa shape index (κ3) is 3.89. The third-order valence-electron chi connectivity index (χ3n) is 1.80. The van der Waals surface area contributed by atoms with Crippen molar-refractivity contribution in [3.05, 3.63) is 0 Å². The molecule has 0 aliphatic heterocycles. The van der Waals surface area contributed by atoms with E-state index >= 15 is 0 Å². The van der Waals surface area contributed by atoms with Gasteiger partial charge in [-0.1, -0.05) is 6.92 Å². The van der Waals surface area contributed by atoms with Gasteiger partial charge in [0, 0.05) is 7.05 Å². The van der Waals surface area contributed by atoms with Gasteiger partial charge in [0.05, 0.1) is 6.04 Å². The molecule has 0 aliphatic rings. The van der Waals surface area contributed by atoms with Crippen molar-refractivity contribution in [1.29, 1.82) is 0 Å². The lowest BCUT2D eigenvalue weighted by Crippen LogP contribution is -2.48. The van der Waals surface area contributed by atoms with Gasteiger partial charge >= 0.3 is 5.97 Å². The zero-order valence-corrected chi connectivity index (χ0v) is 8.13. The zero-order valence-electron chi connectivity index (χ0n) is 8.13. The molecule has 5 nitrogen and oxygen atoms in total. The summed E-state index contributed by atoms with van der Waals surface area (Å²) in [6.07, 6.45) is 0.455. The Labute approximate surface area is 77.5 Å². The molecule has 1 amide bonds. The molecular weight excluding hydrogens is 172 g/mol. The van der Waals surface area contributed by atoms with Crippen LogP contribution < -0.4 is 10.6 Å². The summed E-state index contributed by atoms with van der Waals surface area (Å²) in [6.45, 7) is 3.38. The van der Waals surface area contributed by atoms with Crippen molar-refractivity contribution in [2.45, 2.75) is 32.4 Å². The predicted octanol–water partition coefficient (Wildman–Crippen LogP) is -0.426. The fourth-order valence-corrected chi connectivity index (χ4v) is 0.958. The smallest absolute Gasteiger partial charge is 0.320 e. The molecule has 0 saturated heterocycles. The Morgan fingerprint density at radius 3 is 2.31 bits per heavy atom. The first-order valence-corrected chi connectivity index (χ1v) is 4.23. The van der Waals surface area contributed by atoms with Gasteiger partial charge in [-0.25, -0.2) is 0 Å². The summed E-state index contributed by atoms with van der Waals surface area (Å²) in [4.78, 5) is 21.6. The third-order valence-corrected chi connectivity index (χ3v) is 1.80. The van der Waals surface area contributed by atoms with E-state index in [1.54, 1.807) is 13.8 Å². The van der Waals surface area contributed by atoms with Crippen molar-refractivity contribution in [2.75, 3.05) is 7.05 Å². The van der Waals surface area contributed by atoms with Gasteiger partial charge in [-0.05, 0) is 13.3 Å². The van der Waals surface area contributed by atoms with Crippen molar-refractivity contribution in [3.8, 4) is 0 Å². The van der Waals surface area contributed by atoms with Crippen LogP contribution in [0.25, 0.3) is 0 Å². The molecule has 0 rings (SSSR count). The Bertz CT molecular complexity index is 194. The number of aliphatic carboxylic acids is 1. The molecule has 0 bridgehead atoms. The highest BCUT2D eigenvalue weighted by molar-refractivity contribution is 5.82. The molecule has 0 fully saturated rings. The highest BCUT2D eigenvalue weighted by Crippen LogP contribution is 1.93. The van der Waals surface area contributed by atoms with Crippen LogP contribution in [0.5, 0.6) is 0 Å². The molecule has 0 spiro atoms. The van der Waals surface area contributed by atoms with Gasteiger partial charge in [0.2, 0.25) is 5.91 Å². The van der Waals surface area contributed by atoms with Crippen LogP contribution in [0.4, 0.5) is 0 Å². The molecular formula is C8H16N2O3. The molecule has 0 aromatic carbocycles. The molecule has 2 unspecified atom stereocenters. The SMILES string of the molecule is CCC(NC(C)C(=O)NC)C(=O)O. The fraction of sp³-hybridized carbons (Fsp3) is 0.750. The Kier molecular flexibility index (Phi) is 5.06. The van der Waals surface area contributed by atoms with Gasteiger partial charge in [0.25, 0.3) is 0 Å². The molecule has 0 aliphatic carbocycles. The number of carbonyl (C=O) groups is 2. The summed E-state index contributed by atoms with van der Waals surface area (Å²) in [5, 5.41) is 13.8. The van der Waals surface area contributed by atoms with Gasteiger partial charge in [0.15, 0.2) is 0 Å². The standard InChI is InChI=1S/C8H16N2O3/c1-4-6(8(12)13)10-5(2)7(11)9-3/h5-6,10H,4H2,1-3H3,(H,9,11)(H,12,13). The molecule has 5 heteroatoms. The Morgan fingerprint density at radius 1 is 1.46 bits per heavy atom. The highest BCUT2D eigenvalue weighted by Gasteiger charge is 2.20. The number of hydrogen-bond donors (Lipinski definition) is 3.